The van der Waals surface area contributed by atoms with Crippen molar-refractivity contribution < 1.29 is 14.7 Å². The summed E-state index contributed by atoms with van der Waals surface area (Å²) in [4.78, 5) is 19.1. The molecule has 0 aromatic carbocycles. The number of carboxylic acid groups (broad SMARTS) is 1. The molecule has 84 valence electrons. The van der Waals surface area contributed by atoms with E-state index in [0.29, 0.717) is 0 Å². The predicted octanol–water partition coefficient (Wildman–Crippen LogP) is 0.780. The van der Waals surface area contributed by atoms with Crippen molar-refractivity contribution in [1.29, 1.82) is 0 Å². The van der Waals surface area contributed by atoms with E-state index in [1.807, 2.05) is 0 Å². The maximum atomic E-state index is 9.70. The van der Waals surface area contributed by atoms with Crippen LogP contribution in [0.5, 0.6) is 0 Å². The number of aliphatic carboxylic acids is 1. The summed E-state index contributed by atoms with van der Waals surface area (Å²) < 4.78 is 0. The monoisotopic (exact) mass is 431 g/mol. The molecule has 0 saturated heterocycles. The Morgan fingerprint density at radius 1 is 1.46 bits per heavy atom. The van der Waals surface area contributed by atoms with E-state index in [1.165, 1.54) is 6.41 Å². The minimum atomic E-state index is -0.923. The van der Waals surface area contributed by atoms with Crippen molar-refractivity contribution in [3.8, 4) is 0 Å². The quantitative estimate of drug-likeness (QED) is 0.393. The van der Waals surface area contributed by atoms with E-state index < -0.39 is 5.97 Å². The number of hydrogen-bond donors (Lipinski definition) is 2. The molecule has 0 aliphatic heterocycles. The topological polar surface area (TPSA) is 66.4 Å². The Bertz CT molecular complexity index is 126. The summed E-state index contributed by atoms with van der Waals surface area (Å²) in [5.41, 5.74) is 0. The minimum Gasteiger partial charge on any atom is -0.529 e. The SMILES string of the molecule is CC(C)C.O=[C-]NCCC(=O)O.[Fm]. The molecule has 0 rings (SSSR count). The van der Waals surface area contributed by atoms with E-state index in [2.05, 4.69) is 26.1 Å². The molecule has 0 aliphatic rings. The summed E-state index contributed by atoms with van der Waals surface area (Å²) in [6, 6.07) is 0. The van der Waals surface area contributed by atoms with Gasteiger partial charge in [0.05, 0.1) is 6.42 Å². The van der Waals surface area contributed by atoms with E-state index in [9.17, 15) is 9.59 Å². The molecule has 0 aromatic heterocycles. The molecule has 5 heteroatoms. The Labute approximate surface area is 73.0 Å². The van der Waals surface area contributed by atoms with Crippen LogP contribution in [0.4, 0.5) is 0 Å². The largest absolute Gasteiger partial charge is 0.529 e. The molecule has 0 bridgehead atoms. The number of nitrogens with one attached hydrogen (secondary N) is 1. The van der Waals surface area contributed by atoms with E-state index in [0.717, 1.165) is 5.92 Å². The van der Waals surface area contributed by atoms with Crippen molar-refractivity contribution in [2.45, 2.75) is 27.2 Å². The maximum absolute atomic E-state index is 9.70. The van der Waals surface area contributed by atoms with Gasteiger partial charge in [0.2, 0.25) is 0 Å². The molecule has 0 fully saturated rings. The van der Waals surface area contributed by atoms with Crippen molar-refractivity contribution in [2.24, 2.45) is 5.92 Å². The first kappa shape index (κ1) is 17.1. The molecular weight excluding hydrogens is 415 g/mol. The fraction of sp³-hybridized carbons (Fsp3) is 0.750. The Balaban J connectivity index is -0.000000173. The number of amides is 1. The van der Waals surface area contributed by atoms with Crippen LogP contribution in [-0.4, -0.2) is 24.0 Å². The summed E-state index contributed by atoms with van der Waals surface area (Å²) >= 11 is 0. The van der Waals surface area contributed by atoms with Crippen LogP contribution >= 0.6 is 0 Å². The zero-order valence-corrected chi connectivity index (χ0v) is 10.4. The third-order valence-electron chi connectivity index (χ3n) is 0.536. The van der Waals surface area contributed by atoms with Crippen molar-refractivity contribution in [3.63, 3.8) is 0 Å². The summed E-state index contributed by atoms with van der Waals surface area (Å²) in [6.45, 7) is 6.65. The molecule has 0 radical (unpaired) electrons. The summed E-state index contributed by atoms with van der Waals surface area (Å²) in [6.07, 6.45) is 1.31. The molecule has 0 spiro atoms. The fourth-order valence-electron chi connectivity index (χ4n) is 0.220. The Kier molecular flexibility index (Phi) is 16.6. The number of carboxylic acids is 1. The minimum absolute atomic E-state index is 0. The molecular formula is C8H16FmNO3-. The van der Waals surface area contributed by atoms with Gasteiger partial charge in [-0.15, -0.1) is 0 Å². The van der Waals surface area contributed by atoms with Gasteiger partial charge in [-0.2, -0.15) is 6.41 Å². The first-order chi connectivity index (χ1) is 5.50. The van der Waals surface area contributed by atoms with Gasteiger partial charge in [-0.3, -0.25) is 4.79 Å². The summed E-state index contributed by atoms with van der Waals surface area (Å²) in [7, 11) is 0. The number of hydrogen-bond acceptors (Lipinski definition) is 2. The molecule has 1 amide bonds. The van der Waals surface area contributed by atoms with Gasteiger partial charge in [0, 0.05) is 0 Å². The number of carbonyl (C=O) groups excluding carboxylic acids is 1. The average Bonchev–Trinajstić information content (AvgIpc) is 1.86. The van der Waals surface area contributed by atoms with Gasteiger partial charge in [-0.05, 0) is 12.5 Å². The normalized spacial score (nSPS) is 7.69. The van der Waals surface area contributed by atoms with Crippen LogP contribution in [0.3, 0.4) is 0 Å². The van der Waals surface area contributed by atoms with Gasteiger partial charge in [-0.1, -0.05) is 20.8 Å². The molecule has 2 N–H and O–H groups in total. The smallest absolute Gasteiger partial charge is 0.305 e. The van der Waals surface area contributed by atoms with Crippen LogP contribution in [-0.2, 0) is 9.59 Å². The first-order valence-electron chi connectivity index (χ1n) is 3.82. The molecule has 13 heavy (non-hydrogen) atoms. The second kappa shape index (κ2) is 12.6. The van der Waals surface area contributed by atoms with E-state index >= 15 is 0 Å². The Morgan fingerprint density at radius 2 is 1.85 bits per heavy atom. The van der Waals surface area contributed by atoms with Crippen molar-refractivity contribution >= 4 is 12.4 Å². The number of rotatable bonds is 4. The van der Waals surface area contributed by atoms with Gasteiger partial charge in [0.15, 0.2) is 0 Å². The first-order valence-corrected chi connectivity index (χ1v) is 3.82. The molecule has 4 nitrogen and oxygen atoms in total. The van der Waals surface area contributed by atoms with E-state index in [-0.39, 0.29) is 13.0 Å². The number of carbonyl (C=O) groups is 1. The summed E-state index contributed by atoms with van der Waals surface area (Å²) in [5, 5.41) is 10.1. The predicted molar refractivity (Wildman–Crippen MR) is 46.5 cm³/mol. The molecule has 0 saturated carbocycles. The van der Waals surface area contributed by atoms with Crippen LogP contribution < -0.4 is 5.32 Å². The van der Waals surface area contributed by atoms with Crippen molar-refractivity contribution in [2.75, 3.05) is 6.54 Å². The van der Waals surface area contributed by atoms with E-state index in [4.69, 9.17) is 5.11 Å². The van der Waals surface area contributed by atoms with Crippen LogP contribution in [0.15, 0.2) is 0 Å². The Hall–Kier alpha value is -2.06. The molecule has 0 atom stereocenters. The maximum Gasteiger partial charge on any atom is 0.305 e. The standard InChI is InChI=1S/C4H6NO3.C4H10.Fm/c6-3-5-2-1-4(7)8;1-4(2)3;/h1-2H2,(H,5,6)(H,7,8);4H,1-3H3;/q-1;;. The molecule has 0 aromatic rings. The van der Waals surface area contributed by atoms with Gasteiger partial charge in [-0.25, -0.2) is 0 Å². The zero-order valence-electron chi connectivity index (χ0n) is 8.04. The summed E-state index contributed by atoms with van der Waals surface area (Å²) in [5.74, 6) is -0.0900. The Morgan fingerprint density at radius 3 is 2.08 bits per heavy atom. The van der Waals surface area contributed by atoms with Crippen molar-refractivity contribution in [3.05, 3.63) is 0 Å². The second-order valence-electron chi connectivity index (χ2n) is 2.90. The molecule has 0 aliphatic carbocycles. The van der Waals surface area contributed by atoms with Crippen LogP contribution in [0.2, 0.25) is 0 Å². The van der Waals surface area contributed by atoms with Gasteiger partial charge in [0.25, 0.3) is 0 Å². The van der Waals surface area contributed by atoms with Crippen molar-refractivity contribution in [1.82, 2.24) is 5.32 Å². The van der Waals surface area contributed by atoms with Crippen LogP contribution in [0.25, 0.3) is 0 Å². The van der Waals surface area contributed by atoms with Gasteiger partial charge >= 0.3 is 5.97 Å². The average molecular weight is 431 g/mol. The third-order valence-corrected chi connectivity index (χ3v) is 0.536. The van der Waals surface area contributed by atoms with Crippen LogP contribution in [0, 0.1) is 5.92 Å². The van der Waals surface area contributed by atoms with Crippen LogP contribution in [0.1, 0.15) is 27.2 Å². The van der Waals surface area contributed by atoms with Gasteiger partial charge < -0.3 is 15.2 Å². The molecule has 0 unspecified atom stereocenters. The fourth-order valence-corrected chi connectivity index (χ4v) is 0.220. The third kappa shape index (κ3) is 72.5. The van der Waals surface area contributed by atoms with E-state index in [1.54, 1.807) is 0 Å². The second-order valence-corrected chi connectivity index (χ2v) is 2.90. The van der Waals surface area contributed by atoms with Gasteiger partial charge in [0.1, 0.15) is 0 Å². The molecule has 0 heterocycles. The zero-order chi connectivity index (χ0) is 9.98.